The van der Waals surface area contributed by atoms with E-state index in [2.05, 4.69) is 10.3 Å². The lowest BCUT2D eigenvalue weighted by Crippen LogP contribution is -2.26. The molecule has 9 heteroatoms. The van der Waals surface area contributed by atoms with Crippen LogP contribution < -0.4 is 14.8 Å². The predicted octanol–water partition coefficient (Wildman–Crippen LogP) is 4.86. The van der Waals surface area contributed by atoms with Crippen LogP contribution in [-0.4, -0.2) is 38.8 Å². The molecule has 34 heavy (non-hydrogen) atoms. The van der Waals surface area contributed by atoms with Crippen molar-refractivity contribution in [1.29, 1.82) is 0 Å². The fraction of sp³-hybridized carbons (Fsp3) is 0.280. The number of benzene rings is 2. The van der Waals surface area contributed by atoms with Gasteiger partial charge < -0.3 is 14.8 Å². The number of hydrogen-bond donors (Lipinski definition) is 1. The molecule has 0 aliphatic rings. The van der Waals surface area contributed by atoms with E-state index in [1.807, 2.05) is 6.92 Å². The van der Waals surface area contributed by atoms with E-state index in [0.29, 0.717) is 22.7 Å². The average Bonchev–Trinajstić information content (AvgIpc) is 2.84. The summed E-state index contributed by atoms with van der Waals surface area (Å²) in [5.74, 6) is 0.794. The molecule has 3 aromatic rings. The number of ether oxygens (including phenoxy) is 2. The number of carbonyl (C=O) groups excluding carboxylic acids is 1. The van der Waals surface area contributed by atoms with E-state index in [1.54, 1.807) is 67.9 Å². The van der Waals surface area contributed by atoms with Gasteiger partial charge in [0.1, 0.15) is 11.5 Å². The Kier molecular flexibility index (Phi) is 8.52. The van der Waals surface area contributed by atoms with Gasteiger partial charge in [-0.3, -0.25) is 4.79 Å². The topological polar surface area (TPSA) is 94.6 Å². The number of halogens is 1. The van der Waals surface area contributed by atoms with Gasteiger partial charge in [0.15, 0.2) is 15.0 Å². The first kappa shape index (κ1) is 25.5. The number of carbonyl (C=O) groups is 1. The Morgan fingerprint density at radius 3 is 2.50 bits per heavy atom. The van der Waals surface area contributed by atoms with E-state index in [4.69, 9.17) is 21.1 Å². The molecule has 0 radical (unpaired) electrons. The molecular weight excluding hydrogens is 476 g/mol. The highest BCUT2D eigenvalue weighted by molar-refractivity contribution is 7.92. The monoisotopic (exact) mass is 502 g/mol. The molecule has 3 rings (SSSR count). The molecule has 0 aliphatic carbocycles. The van der Waals surface area contributed by atoms with Crippen LogP contribution >= 0.6 is 11.6 Å². The average molecular weight is 503 g/mol. The van der Waals surface area contributed by atoms with E-state index in [0.717, 1.165) is 5.56 Å². The highest BCUT2D eigenvalue weighted by Crippen LogP contribution is 2.30. The highest BCUT2D eigenvalue weighted by Gasteiger charge is 2.29. The van der Waals surface area contributed by atoms with E-state index < -0.39 is 15.1 Å². The lowest BCUT2D eigenvalue weighted by molar-refractivity contribution is -0.116. The van der Waals surface area contributed by atoms with Crippen molar-refractivity contribution in [2.24, 2.45) is 0 Å². The molecule has 0 aliphatic heterocycles. The predicted molar refractivity (Wildman–Crippen MR) is 133 cm³/mol. The zero-order chi connectivity index (χ0) is 24.7. The molecule has 1 N–H and O–H groups in total. The maximum absolute atomic E-state index is 13.5. The third kappa shape index (κ3) is 6.27. The summed E-state index contributed by atoms with van der Waals surface area (Å²) in [6.45, 7) is 1.84. The van der Waals surface area contributed by atoms with Crippen molar-refractivity contribution in [3.8, 4) is 11.5 Å². The quantitative estimate of drug-likeness (QED) is 0.398. The SMILES string of the molecule is COc1ccc(OC)c(CC(CCC(=O)Nc2cc(C)cnc2Cl)S(=O)(=O)c2ccccc2)c1. The molecule has 2 aromatic carbocycles. The molecule has 0 spiro atoms. The third-order valence-corrected chi connectivity index (χ3v) is 7.90. The van der Waals surface area contributed by atoms with Crippen molar-refractivity contribution in [3.05, 3.63) is 77.1 Å². The summed E-state index contributed by atoms with van der Waals surface area (Å²) in [5, 5.41) is 2.04. The number of hydrogen-bond acceptors (Lipinski definition) is 6. The Hall–Kier alpha value is -3.10. The first-order valence-corrected chi connectivity index (χ1v) is 12.6. The summed E-state index contributed by atoms with van der Waals surface area (Å²) in [5.41, 5.74) is 1.91. The van der Waals surface area contributed by atoms with E-state index in [1.165, 1.54) is 7.11 Å². The largest absolute Gasteiger partial charge is 0.497 e. The third-order valence-electron chi connectivity index (χ3n) is 5.39. The molecule has 1 heterocycles. The Labute approximate surface area is 205 Å². The number of amides is 1. The van der Waals surface area contributed by atoms with Crippen molar-refractivity contribution in [1.82, 2.24) is 4.98 Å². The van der Waals surface area contributed by atoms with Crippen LogP contribution in [0.4, 0.5) is 5.69 Å². The zero-order valence-corrected chi connectivity index (χ0v) is 20.8. The van der Waals surface area contributed by atoms with Crippen LogP contribution in [0.5, 0.6) is 11.5 Å². The summed E-state index contributed by atoms with van der Waals surface area (Å²) in [6, 6.07) is 15.2. The maximum atomic E-state index is 13.5. The number of pyridine rings is 1. The fourth-order valence-electron chi connectivity index (χ4n) is 3.60. The number of nitrogens with zero attached hydrogens (tertiary/aromatic N) is 1. The Morgan fingerprint density at radius 1 is 1.09 bits per heavy atom. The molecule has 0 bridgehead atoms. The number of anilines is 1. The smallest absolute Gasteiger partial charge is 0.224 e. The molecule has 1 unspecified atom stereocenters. The first-order chi connectivity index (χ1) is 16.2. The second-order valence-corrected chi connectivity index (χ2v) is 10.4. The number of aryl methyl sites for hydroxylation is 1. The summed E-state index contributed by atoms with van der Waals surface area (Å²) in [4.78, 5) is 16.9. The number of sulfone groups is 1. The number of methoxy groups -OCH3 is 2. The molecule has 7 nitrogen and oxygen atoms in total. The normalized spacial score (nSPS) is 12.1. The van der Waals surface area contributed by atoms with Crippen LogP contribution in [0.3, 0.4) is 0 Å². The van der Waals surface area contributed by atoms with Gasteiger partial charge in [0.05, 0.1) is 30.1 Å². The van der Waals surface area contributed by atoms with Gasteiger partial charge >= 0.3 is 0 Å². The second kappa shape index (κ2) is 11.4. The molecule has 1 aromatic heterocycles. The van der Waals surface area contributed by atoms with Gasteiger partial charge in [-0.2, -0.15) is 0 Å². The zero-order valence-electron chi connectivity index (χ0n) is 19.2. The summed E-state index contributed by atoms with van der Waals surface area (Å²) in [7, 11) is -0.674. The van der Waals surface area contributed by atoms with Crippen LogP contribution in [-0.2, 0) is 21.1 Å². The van der Waals surface area contributed by atoms with Crippen LogP contribution in [0.1, 0.15) is 24.0 Å². The van der Waals surface area contributed by atoms with Crippen molar-refractivity contribution >= 4 is 33.0 Å². The van der Waals surface area contributed by atoms with Crippen molar-refractivity contribution in [2.45, 2.75) is 36.3 Å². The number of rotatable bonds is 10. The molecule has 180 valence electrons. The molecule has 0 saturated heterocycles. The van der Waals surface area contributed by atoms with Crippen molar-refractivity contribution < 1.29 is 22.7 Å². The van der Waals surface area contributed by atoms with Crippen LogP contribution in [0.2, 0.25) is 5.15 Å². The van der Waals surface area contributed by atoms with Crippen LogP contribution in [0.15, 0.2) is 65.7 Å². The Morgan fingerprint density at radius 2 is 1.82 bits per heavy atom. The minimum absolute atomic E-state index is 0.0206. The Bertz CT molecular complexity index is 1250. The molecular formula is C25H27ClN2O5S. The summed E-state index contributed by atoms with van der Waals surface area (Å²) in [6.07, 6.45) is 1.83. The number of nitrogens with one attached hydrogen (secondary N) is 1. The lowest BCUT2D eigenvalue weighted by atomic mass is 10.0. The molecule has 0 fully saturated rings. The second-order valence-electron chi connectivity index (χ2n) is 7.80. The minimum atomic E-state index is -3.74. The van der Waals surface area contributed by atoms with Gasteiger partial charge in [-0.25, -0.2) is 13.4 Å². The Balaban J connectivity index is 1.87. The van der Waals surface area contributed by atoms with E-state index in [9.17, 15) is 13.2 Å². The fourth-order valence-corrected chi connectivity index (χ4v) is 5.50. The van der Waals surface area contributed by atoms with Gasteiger partial charge in [-0.1, -0.05) is 29.8 Å². The van der Waals surface area contributed by atoms with Crippen molar-refractivity contribution in [2.75, 3.05) is 19.5 Å². The van der Waals surface area contributed by atoms with Gasteiger partial charge in [0, 0.05) is 12.6 Å². The lowest BCUT2D eigenvalue weighted by Gasteiger charge is -2.20. The highest BCUT2D eigenvalue weighted by atomic mass is 35.5. The van der Waals surface area contributed by atoms with E-state index in [-0.39, 0.29) is 35.2 Å². The van der Waals surface area contributed by atoms with Crippen LogP contribution in [0.25, 0.3) is 0 Å². The maximum Gasteiger partial charge on any atom is 0.224 e. The van der Waals surface area contributed by atoms with Gasteiger partial charge in [0.2, 0.25) is 5.91 Å². The summed E-state index contributed by atoms with van der Waals surface area (Å²) < 4.78 is 37.8. The standard InChI is InChI=1S/C25H27ClN2O5S/c1-17-13-22(25(26)27-16-17)28-24(29)12-10-21(34(30,31)20-7-5-4-6-8-20)15-18-14-19(32-2)9-11-23(18)33-3/h4-9,11,13-14,16,21H,10,12,15H2,1-3H3,(H,28,29). The molecule has 1 amide bonds. The van der Waals surface area contributed by atoms with Crippen LogP contribution in [0, 0.1) is 6.92 Å². The molecule has 1 atom stereocenters. The minimum Gasteiger partial charge on any atom is -0.497 e. The van der Waals surface area contributed by atoms with Gasteiger partial charge in [-0.15, -0.1) is 0 Å². The van der Waals surface area contributed by atoms with Gasteiger partial charge in [0.25, 0.3) is 0 Å². The van der Waals surface area contributed by atoms with E-state index >= 15 is 0 Å². The first-order valence-electron chi connectivity index (χ1n) is 10.7. The number of aromatic nitrogens is 1. The molecule has 0 saturated carbocycles. The van der Waals surface area contributed by atoms with Gasteiger partial charge in [-0.05, 0) is 67.3 Å². The summed E-state index contributed by atoms with van der Waals surface area (Å²) >= 11 is 6.08. The van der Waals surface area contributed by atoms with Crippen molar-refractivity contribution in [3.63, 3.8) is 0 Å².